The number of halogens is 2. The number of ether oxygens (including phenoxy) is 1. The highest BCUT2D eigenvalue weighted by Gasteiger charge is 2.34. The predicted molar refractivity (Wildman–Crippen MR) is 163 cm³/mol. The van der Waals surface area contributed by atoms with E-state index in [2.05, 4.69) is 5.32 Å². The monoisotopic (exact) mass is 619 g/mol. The summed E-state index contributed by atoms with van der Waals surface area (Å²) >= 11 is 12.5. The molecule has 1 atom stereocenters. The molecule has 0 aromatic heterocycles. The topological polar surface area (TPSA) is 96.0 Å². The number of nitrogens with one attached hydrogen (secondary N) is 1. The van der Waals surface area contributed by atoms with Gasteiger partial charge in [-0.3, -0.25) is 13.9 Å². The third kappa shape index (κ3) is 7.93. The summed E-state index contributed by atoms with van der Waals surface area (Å²) in [7, 11) is -2.81. The van der Waals surface area contributed by atoms with Gasteiger partial charge in [0, 0.05) is 22.6 Å². The maximum Gasteiger partial charge on any atom is 0.264 e. The van der Waals surface area contributed by atoms with Crippen LogP contribution in [0.5, 0.6) is 5.75 Å². The number of hydrogen-bond donors (Lipinski definition) is 1. The van der Waals surface area contributed by atoms with Gasteiger partial charge < -0.3 is 15.0 Å². The predicted octanol–water partition coefficient (Wildman–Crippen LogP) is 5.76. The second kappa shape index (κ2) is 13.6. The van der Waals surface area contributed by atoms with Gasteiger partial charge in [-0.05, 0) is 82.1 Å². The van der Waals surface area contributed by atoms with Crippen molar-refractivity contribution < 1.29 is 22.7 Å². The second-order valence-electron chi connectivity index (χ2n) is 10.1. The third-order valence-corrected chi connectivity index (χ3v) is 8.81. The van der Waals surface area contributed by atoms with Gasteiger partial charge in [-0.15, -0.1) is 0 Å². The van der Waals surface area contributed by atoms with Gasteiger partial charge in [0.15, 0.2) is 0 Å². The van der Waals surface area contributed by atoms with E-state index < -0.39 is 28.5 Å². The number of carbonyl (C=O) groups is 2. The van der Waals surface area contributed by atoms with Gasteiger partial charge in [-0.2, -0.15) is 0 Å². The first-order chi connectivity index (χ1) is 19.2. The van der Waals surface area contributed by atoms with Crippen molar-refractivity contribution in [3.8, 4) is 5.75 Å². The summed E-state index contributed by atoms with van der Waals surface area (Å²) in [4.78, 5) is 28.5. The molecule has 0 aliphatic rings. The van der Waals surface area contributed by atoms with Crippen molar-refractivity contribution in [2.45, 2.75) is 58.1 Å². The van der Waals surface area contributed by atoms with Crippen LogP contribution in [0.4, 0.5) is 5.69 Å². The van der Waals surface area contributed by atoms with Crippen molar-refractivity contribution in [3.05, 3.63) is 87.4 Å². The van der Waals surface area contributed by atoms with E-state index in [1.807, 2.05) is 27.7 Å². The number of hydrogen-bond acceptors (Lipinski definition) is 5. The maximum absolute atomic E-state index is 14.1. The number of benzene rings is 3. The van der Waals surface area contributed by atoms with E-state index in [1.165, 1.54) is 24.1 Å². The van der Waals surface area contributed by atoms with Gasteiger partial charge >= 0.3 is 0 Å². The van der Waals surface area contributed by atoms with E-state index in [0.717, 1.165) is 15.4 Å². The van der Waals surface area contributed by atoms with Crippen LogP contribution < -0.4 is 14.4 Å². The Morgan fingerprint density at radius 1 is 0.927 bits per heavy atom. The largest absolute Gasteiger partial charge is 0.495 e. The van der Waals surface area contributed by atoms with Gasteiger partial charge in [-0.25, -0.2) is 8.42 Å². The van der Waals surface area contributed by atoms with Gasteiger partial charge in [0.1, 0.15) is 18.3 Å². The highest BCUT2D eigenvalue weighted by Crippen LogP contribution is 2.34. The van der Waals surface area contributed by atoms with Crippen LogP contribution in [0.2, 0.25) is 10.0 Å². The van der Waals surface area contributed by atoms with Crippen LogP contribution in [0.3, 0.4) is 0 Å². The molecule has 220 valence electrons. The van der Waals surface area contributed by atoms with Crippen molar-refractivity contribution in [1.29, 1.82) is 0 Å². The van der Waals surface area contributed by atoms with Gasteiger partial charge in [-0.1, -0.05) is 53.0 Å². The summed E-state index contributed by atoms with van der Waals surface area (Å²) in [5.41, 5.74) is 2.41. The second-order valence-corrected chi connectivity index (χ2v) is 12.8. The molecule has 0 aliphatic carbocycles. The maximum atomic E-state index is 14.1. The minimum absolute atomic E-state index is 0.0114. The minimum atomic E-state index is -4.24. The van der Waals surface area contributed by atoms with Crippen LogP contribution in [-0.4, -0.2) is 50.9 Å². The van der Waals surface area contributed by atoms with E-state index in [-0.39, 0.29) is 34.8 Å². The van der Waals surface area contributed by atoms with Crippen LogP contribution in [0.25, 0.3) is 0 Å². The molecule has 0 bridgehead atoms. The lowest BCUT2D eigenvalue weighted by Crippen LogP contribution is -2.52. The molecule has 0 saturated carbocycles. The fourth-order valence-corrected chi connectivity index (χ4v) is 6.05. The molecule has 3 rings (SSSR count). The number of amides is 2. The highest BCUT2D eigenvalue weighted by molar-refractivity contribution is 7.92. The molecule has 0 spiro atoms. The number of sulfonamides is 1. The number of methoxy groups -OCH3 is 1. The zero-order valence-corrected chi connectivity index (χ0v) is 26.3. The summed E-state index contributed by atoms with van der Waals surface area (Å²) in [6, 6.07) is 15.2. The SMILES string of the molecule is COc1ccc(C)cc1N(CC(=O)N(Cc1ccc(Cl)cc1Cl)[C@@H](C)C(=O)NC(C)C)S(=O)(=O)c1ccc(C)cc1. The molecule has 0 unspecified atom stereocenters. The minimum Gasteiger partial charge on any atom is -0.495 e. The number of anilines is 1. The van der Waals surface area contributed by atoms with Crippen molar-refractivity contribution in [2.75, 3.05) is 18.0 Å². The van der Waals surface area contributed by atoms with Crippen molar-refractivity contribution in [2.24, 2.45) is 0 Å². The van der Waals surface area contributed by atoms with E-state index >= 15 is 0 Å². The van der Waals surface area contributed by atoms with E-state index in [4.69, 9.17) is 27.9 Å². The first kappa shape index (κ1) is 32.2. The van der Waals surface area contributed by atoms with E-state index in [9.17, 15) is 18.0 Å². The van der Waals surface area contributed by atoms with Crippen LogP contribution >= 0.6 is 23.2 Å². The lowest BCUT2D eigenvalue weighted by atomic mass is 10.1. The Hall–Kier alpha value is -3.27. The standard InChI is InChI=1S/C30H35Cl2N3O5S/c1-19(2)33-30(37)22(5)34(17-23-10-11-24(31)16-26(23)32)29(36)18-35(27-15-21(4)9-14-28(27)40-6)41(38,39)25-12-7-20(3)8-13-25/h7-16,19,22H,17-18H2,1-6H3,(H,33,37)/t22-/m0/s1. The lowest BCUT2D eigenvalue weighted by Gasteiger charge is -2.33. The quantitative estimate of drug-likeness (QED) is 0.294. The Labute approximate surface area is 252 Å². The Morgan fingerprint density at radius 3 is 2.15 bits per heavy atom. The molecular formula is C30H35Cl2N3O5S. The smallest absolute Gasteiger partial charge is 0.264 e. The van der Waals surface area contributed by atoms with Crippen molar-refractivity contribution >= 4 is 50.7 Å². The fraction of sp³-hybridized carbons (Fsp3) is 0.333. The number of carbonyl (C=O) groups excluding carboxylic acids is 2. The van der Waals surface area contributed by atoms with Gasteiger partial charge in [0.05, 0.1) is 17.7 Å². The van der Waals surface area contributed by atoms with Crippen molar-refractivity contribution in [3.63, 3.8) is 0 Å². The summed E-state index contributed by atoms with van der Waals surface area (Å²) in [5, 5.41) is 3.56. The fourth-order valence-electron chi connectivity index (χ4n) is 4.17. The Balaban J connectivity index is 2.12. The molecule has 0 radical (unpaired) electrons. The van der Waals surface area contributed by atoms with Crippen LogP contribution in [0, 0.1) is 13.8 Å². The van der Waals surface area contributed by atoms with Crippen LogP contribution in [0.15, 0.2) is 65.6 Å². The lowest BCUT2D eigenvalue weighted by molar-refractivity contribution is -0.139. The average Bonchev–Trinajstić information content (AvgIpc) is 2.90. The Kier molecular flexibility index (Phi) is 10.7. The molecule has 41 heavy (non-hydrogen) atoms. The van der Waals surface area contributed by atoms with Gasteiger partial charge in [0.2, 0.25) is 11.8 Å². The van der Waals surface area contributed by atoms with E-state index in [1.54, 1.807) is 55.5 Å². The number of nitrogens with zero attached hydrogens (tertiary/aromatic N) is 2. The molecule has 3 aromatic rings. The summed E-state index contributed by atoms with van der Waals surface area (Å²) in [6.07, 6.45) is 0. The highest BCUT2D eigenvalue weighted by atomic mass is 35.5. The molecule has 1 N–H and O–H groups in total. The molecule has 8 nitrogen and oxygen atoms in total. The normalized spacial score (nSPS) is 12.1. The average molecular weight is 621 g/mol. The molecular weight excluding hydrogens is 585 g/mol. The summed E-state index contributed by atoms with van der Waals surface area (Å²) < 4.78 is 34.7. The van der Waals surface area contributed by atoms with Crippen molar-refractivity contribution in [1.82, 2.24) is 10.2 Å². The molecule has 11 heteroatoms. The molecule has 3 aromatic carbocycles. The first-order valence-corrected chi connectivity index (χ1v) is 15.2. The molecule has 0 fully saturated rings. The summed E-state index contributed by atoms with van der Waals surface area (Å²) in [6.45, 7) is 8.23. The van der Waals surface area contributed by atoms with Gasteiger partial charge in [0.25, 0.3) is 10.0 Å². The number of rotatable bonds is 11. The Morgan fingerprint density at radius 2 is 1.56 bits per heavy atom. The molecule has 2 amide bonds. The number of aryl methyl sites for hydroxylation is 2. The molecule has 0 saturated heterocycles. The zero-order chi connectivity index (χ0) is 30.5. The summed E-state index contributed by atoms with van der Waals surface area (Å²) in [5.74, 6) is -0.724. The first-order valence-electron chi connectivity index (χ1n) is 13.0. The third-order valence-electron chi connectivity index (χ3n) is 6.44. The molecule has 0 aliphatic heterocycles. The Bertz CT molecular complexity index is 1510. The van der Waals surface area contributed by atoms with Crippen LogP contribution in [-0.2, 0) is 26.2 Å². The molecule has 0 heterocycles. The van der Waals surface area contributed by atoms with Crippen LogP contribution in [0.1, 0.15) is 37.5 Å². The zero-order valence-electron chi connectivity index (χ0n) is 23.9. The van der Waals surface area contributed by atoms with E-state index in [0.29, 0.717) is 15.6 Å².